The molecule has 4 nitrogen and oxygen atoms in total. The van der Waals surface area contributed by atoms with E-state index >= 15 is 0 Å². The number of fused-ring (bicyclic) bond motifs is 1. The number of aromatic nitrogens is 4. The highest BCUT2D eigenvalue weighted by Crippen LogP contribution is 2.24. The van der Waals surface area contributed by atoms with Gasteiger partial charge in [0.15, 0.2) is 0 Å². The predicted molar refractivity (Wildman–Crippen MR) is 48.1 cm³/mol. The molecule has 2 aromatic rings. The molecule has 0 radical (unpaired) electrons. The molecule has 0 fully saturated rings. The molecular weight excluding hydrogens is 258 g/mol. The zero-order valence-corrected chi connectivity index (χ0v) is 8.66. The summed E-state index contributed by atoms with van der Waals surface area (Å²) in [6.45, 7) is 0.769. The van der Waals surface area contributed by atoms with Crippen molar-refractivity contribution in [1.29, 1.82) is 0 Å². The second-order valence-electron chi connectivity index (χ2n) is 2.82. The van der Waals surface area contributed by atoms with Crippen LogP contribution in [0, 0.1) is 0 Å². The molecule has 2 aromatic heterocycles. The van der Waals surface area contributed by atoms with Crippen LogP contribution in [0.15, 0.2) is 17.0 Å². The second kappa shape index (κ2) is 2.94. The van der Waals surface area contributed by atoms with Crippen LogP contribution in [0.3, 0.4) is 0 Å². The smallest absolute Gasteiger partial charge is 0.217 e. The van der Waals surface area contributed by atoms with E-state index in [1.807, 2.05) is 0 Å². The molecule has 0 N–H and O–H groups in total. The molecule has 0 atom stereocenters. The molecule has 0 saturated carbocycles. The molecule has 0 aliphatic carbocycles. The number of hydrogen-bond acceptors (Lipinski definition) is 3. The van der Waals surface area contributed by atoms with E-state index in [1.165, 1.54) is 10.7 Å². The van der Waals surface area contributed by atoms with E-state index in [-0.39, 0.29) is 11.5 Å². The molecule has 0 bridgehead atoms. The summed E-state index contributed by atoms with van der Waals surface area (Å²) < 4.78 is 27.6. The maximum atomic E-state index is 12.8. The Morgan fingerprint density at radius 3 is 2.79 bits per heavy atom. The molecule has 14 heavy (non-hydrogen) atoms. The van der Waals surface area contributed by atoms with Gasteiger partial charge in [-0.2, -0.15) is 18.4 Å². The lowest BCUT2D eigenvalue weighted by molar-refractivity contribution is 0.0123. The minimum Gasteiger partial charge on any atom is -0.217 e. The molecule has 0 aromatic carbocycles. The average Bonchev–Trinajstić information content (AvgIpc) is 2.46. The topological polar surface area (TPSA) is 43.1 Å². The minimum atomic E-state index is -2.99. The lowest BCUT2D eigenvalue weighted by Gasteiger charge is -2.07. The first-order valence-corrected chi connectivity index (χ1v) is 4.52. The normalized spacial score (nSPS) is 12.3. The van der Waals surface area contributed by atoms with E-state index in [2.05, 4.69) is 31.0 Å². The van der Waals surface area contributed by atoms with Crippen LogP contribution in [0.2, 0.25) is 0 Å². The summed E-state index contributed by atoms with van der Waals surface area (Å²) >= 11 is 3.15. The zero-order valence-electron chi connectivity index (χ0n) is 7.08. The van der Waals surface area contributed by atoms with Crippen LogP contribution in [0.25, 0.3) is 5.78 Å². The van der Waals surface area contributed by atoms with E-state index in [0.29, 0.717) is 4.60 Å². The van der Waals surface area contributed by atoms with E-state index in [4.69, 9.17) is 0 Å². The van der Waals surface area contributed by atoms with Crippen LogP contribution in [0.1, 0.15) is 12.6 Å². The summed E-state index contributed by atoms with van der Waals surface area (Å²) in [4.78, 5) is 7.48. The molecule has 74 valence electrons. The van der Waals surface area contributed by atoms with Gasteiger partial charge < -0.3 is 0 Å². The molecule has 0 unspecified atom stereocenters. The van der Waals surface area contributed by atoms with Gasteiger partial charge in [0.1, 0.15) is 10.3 Å². The quantitative estimate of drug-likeness (QED) is 0.790. The van der Waals surface area contributed by atoms with E-state index < -0.39 is 5.92 Å². The Hall–Kier alpha value is -1.11. The zero-order chi connectivity index (χ0) is 10.3. The van der Waals surface area contributed by atoms with Gasteiger partial charge >= 0.3 is 0 Å². The van der Waals surface area contributed by atoms with Crippen molar-refractivity contribution in [2.45, 2.75) is 12.8 Å². The third-order valence-corrected chi connectivity index (χ3v) is 2.18. The number of rotatable bonds is 1. The molecule has 0 spiro atoms. The van der Waals surface area contributed by atoms with Crippen LogP contribution in [0.4, 0.5) is 8.78 Å². The van der Waals surface area contributed by atoms with Gasteiger partial charge in [-0.05, 0) is 15.9 Å². The van der Waals surface area contributed by atoms with Crippen molar-refractivity contribution in [2.24, 2.45) is 0 Å². The summed E-state index contributed by atoms with van der Waals surface area (Å²) in [5.41, 5.74) is -0.386. The molecule has 0 aliphatic heterocycles. The third kappa shape index (κ3) is 1.47. The third-order valence-electron chi connectivity index (χ3n) is 1.64. The van der Waals surface area contributed by atoms with Crippen LogP contribution in [-0.4, -0.2) is 19.6 Å². The number of hydrogen-bond donors (Lipinski definition) is 0. The van der Waals surface area contributed by atoms with Crippen LogP contribution >= 0.6 is 15.9 Å². The van der Waals surface area contributed by atoms with Crippen molar-refractivity contribution < 1.29 is 8.78 Å². The summed E-state index contributed by atoms with van der Waals surface area (Å²) in [6.07, 6.45) is 2.48. The van der Waals surface area contributed by atoms with Gasteiger partial charge in [-0.25, -0.2) is 9.97 Å². The molecular formula is C7H5BrF2N4. The maximum Gasteiger partial charge on any atom is 0.288 e. The highest BCUT2D eigenvalue weighted by molar-refractivity contribution is 9.10. The Morgan fingerprint density at radius 1 is 1.43 bits per heavy atom. The Balaban J connectivity index is 2.63. The van der Waals surface area contributed by atoms with E-state index in [9.17, 15) is 8.78 Å². The van der Waals surface area contributed by atoms with Gasteiger partial charge in [0.05, 0.1) is 12.4 Å². The fraction of sp³-hybridized carbons (Fsp3) is 0.286. The SMILES string of the molecule is CC(F)(F)c1cnn2c(Br)cnc2n1. The number of nitrogens with zero attached hydrogens (tertiary/aromatic N) is 4. The van der Waals surface area contributed by atoms with Crippen molar-refractivity contribution in [2.75, 3.05) is 0 Å². The van der Waals surface area contributed by atoms with Crippen molar-refractivity contribution in [3.63, 3.8) is 0 Å². The van der Waals surface area contributed by atoms with Gasteiger partial charge in [0, 0.05) is 6.92 Å². The van der Waals surface area contributed by atoms with Crippen molar-refractivity contribution in [3.05, 3.63) is 22.7 Å². The molecule has 7 heteroatoms. The monoisotopic (exact) mass is 262 g/mol. The highest BCUT2D eigenvalue weighted by Gasteiger charge is 2.27. The minimum absolute atomic E-state index is 0.149. The van der Waals surface area contributed by atoms with E-state index in [1.54, 1.807) is 0 Å². The first-order chi connectivity index (χ1) is 6.48. The standard InChI is InChI=1S/C7H5BrF2N4/c1-7(9,10)4-2-12-14-5(8)3-11-6(14)13-4/h2-3H,1H3. The van der Waals surface area contributed by atoms with Crippen LogP contribution in [-0.2, 0) is 5.92 Å². The van der Waals surface area contributed by atoms with E-state index in [0.717, 1.165) is 13.1 Å². The van der Waals surface area contributed by atoms with Gasteiger partial charge in [-0.15, -0.1) is 0 Å². The fourth-order valence-electron chi connectivity index (χ4n) is 0.959. The molecule has 0 aliphatic rings. The van der Waals surface area contributed by atoms with Crippen molar-refractivity contribution in [1.82, 2.24) is 19.6 Å². The second-order valence-corrected chi connectivity index (χ2v) is 3.64. The first kappa shape index (κ1) is 9.45. The van der Waals surface area contributed by atoms with Gasteiger partial charge in [-0.1, -0.05) is 0 Å². The summed E-state index contributed by atoms with van der Waals surface area (Å²) in [5.74, 6) is -2.84. The fourth-order valence-corrected chi connectivity index (χ4v) is 1.31. The largest absolute Gasteiger partial charge is 0.288 e. The van der Waals surface area contributed by atoms with Crippen molar-refractivity contribution >= 4 is 21.7 Å². The van der Waals surface area contributed by atoms with Crippen LogP contribution < -0.4 is 0 Å². The Morgan fingerprint density at radius 2 is 2.14 bits per heavy atom. The number of halogens is 3. The molecule has 0 saturated heterocycles. The molecule has 2 rings (SSSR count). The Kier molecular flexibility index (Phi) is 1.99. The Labute approximate surface area is 86.1 Å². The number of alkyl halides is 2. The summed E-state index contributed by atoms with van der Waals surface area (Å²) in [6, 6.07) is 0. The lowest BCUT2D eigenvalue weighted by atomic mass is 10.3. The van der Waals surface area contributed by atoms with Gasteiger partial charge in [0.25, 0.3) is 11.7 Å². The predicted octanol–water partition coefficient (Wildman–Crippen LogP) is 2.00. The lowest BCUT2D eigenvalue weighted by Crippen LogP contribution is -2.12. The summed E-state index contributed by atoms with van der Waals surface area (Å²) in [5, 5.41) is 3.77. The van der Waals surface area contributed by atoms with Crippen LogP contribution in [0.5, 0.6) is 0 Å². The summed E-state index contributed by atoms with van der Waals surface area (Å²) in [7, 11) is 0. The number of imidazole rings is 1. The molecule has 2 heterocycles. The van der Waals surface area contributed by atoms with Crippen molar-refractivity contribution in [3.8, 4) is 0 Å². The van der Waals surface area contributed by atoms with Gasteiger partial charge in [-0.3, -0.25) is 0 Å². The Bertz CT molecular complexity index is 476. The van der Waals surface area contributed by atoms with Gasteiger partial charge in [0.2, 0.25) is 0 Å². The average molecular weight is 263 g/mol. The first-order valence-electron chi connectivity index (χ1n) is 3.73. The highest BCUT2D eigenvalue weighted by atomic mass is 79.9. The molecule has 0 amide bonds. The maximum absolute atomic E-state index is 12.8.